The molecule has 3 aromatic rings. The van der Waals surface area contributed by atoms with Gasteiger partial charge in [0, 0.05) is 31.7 Å². The van der Waals surface area contributed by atoms with E-state index in [-0.39, 0.29) is 24.1 Å². The Morgan fingerprint density at radius 3 is 2.34 bits per heavy atom. The maximum absolute atomic E-state index is 13.4. The van der Waals surface area contributed by atoms with E-state index in [1.807, 2.05) is 4.90 Å². The van der Waals surface area contributed by atoms with Gasteiger partial charge < -0.3 is 9.64 Å². The molecule has 4 nitrogen and oxygen atoms in total. The second-order valence-electron chi connectivity index (χ2n) is 10.2. The van der Waals surface area contributed by atoms with Gasteiger partial charge in [-0.15, -0.1) is 0 Å². The van der Waals surface area contributed by atoms with Gasteiger partial charge in [-0.05, 0) is 71.2 Å². The van der Waals surface area contributed by atoms with Crippen LogP contribution in [0.1, 0.15) is 48.3 Å². The van der Waals surface area contributed by atoms with Crippen molar-refractivity contribution in [1.82, 2.24) is 4.90 Å². The molecule has 1 amide bonds. The first-order chi connectivity index (χ1) is 17.1. The molecule has 35 heavy (non-hydrogen) atoms. The number of hydrogen-bond acceptors (Lipinski definition) is 3. The molecule has 0 spiro atoms. The molecule has 2 bridgehead atoms. The highest BCUT2D eigenvalue weighted by Gasteiger charge is 2.39. The van der Waals surface area contributed by atoms with E-state index in [9.17, 15) is 4.79 Å². The van der Waals surface area contributed by atoms with E-state index in [0.29, 0.717) is 6.61 Å². The Bertz CT molecular complexity index is 1250. The summed E-state index contributed by atoms with van der Waals surface area (Å²) in [6.45, 7) is 0.379. The molecule has 2 atom stereocenters. The zero-order chi connectivity index (χ0) is 23.9. The van der Waals surface area contributed by atoms with E-state index < -0.39 is 0 Å². The van der Waals surface area contributed by atoms with E-state index in [2.05, 4.69) is 97.9 Å². The van der Waals surface area contributed by atoms with Crippen molar-refractivity contribution in [3.63, 3.8) is 0 Å². The van der Waals surface area contributed by atoms with Gasteiger partial charge in [0.25, 0.3) is 0 Å². The zero-order valence-corrected chi connectivity index (χ0v) is 20.5. The number of ether oxygens (including phenoxy) is 1. The topological polar surface area (TPSA) is 32.8 Å². The Labute approximate surface area is 207 Å². The maximum Gasteiger partial charge on any atom is 0.410 e. The fourth-order valence-electron chi connectivity index (χ4n) is 6.18. The summed E-state index contributed by atoms with van der Waals surface area (Å²) in [5.41, 5.74) is 8.84. The number of fused-ring (bicyclic) bond motifs is 5. The van der Waals surface area contributed by atoms with Crippen LogP contribution in [-0.2, 0) is 4.74 Å². The largest absolute Gasteiger partial charge is 0.448 e. The summed E-state index contributed by atoms with van der Waals surface area (Å²) < 4.78 is 6.06. The van der Waals surface area contributed by atoms with Crippen molar-refractivity contribution in [2.45, 2.75) is 43.7 Å². The smallest absolute Gasteiger partial charge is 0.410 e. The van der Waals surface area contributed by atoms with Gasteiger partial charge in [0.05, 0.1) is 6.04 Å². The lowest BCUT2D eigenvalue weighted by Gasteiger charge is -2.44. The molecule has 0 N–H and O–H groups in total. The first-order valence-corrected chi connectivity index (χ1v) is 12.7. The summed E-state index contributed by atoms with van der Waals surface area (Å²) in [5, 5.41) is 0. The van der Waals surface area contributed by atoms with E-state index in [0.717, 1.165) is 25.7 Å². The lowest BCUT2D eigenvalue weighted by Crippen LogP contribution is -2.51. The molecule has 3 aliphatic rings. The standard InChI is InChI=1S/C31H32N2O2/c1-32(2)23-10-7-9-21(17-23)22-18-24-11-8-12-25(19-22)33(24)31(34)35-20-30-28-15-5-3-13-26(28)27-14-4-6-16-29(27)30/h3-7,9-10,13-18,24-25,30H,8,11-12,19-20H2,1-2H3. The fourth-order valence-corrected chi connectivity index (χ4v) is 6.18. The average Bonchev–Trinajstić information content (AvgIpc) is 3.20. The highest BCUT2D eigenvalue weighted by molar-refractivity contribution is 5.79. The van der Waals surface area contributed by atoms with Crippen LogP contribution in [0.15, 0.2) is 78.9 Å². The van der Waals surface area contributed by atoms with Crippen molar-refractivity contribution in [1.29, 1.82) is 0 Å². The van der Waals surface area contributed by atoms with E-state index in [1.54, 1.807) is 0 Å². The molecule has 1 fully saturated rings. The number of nitrogens with zero attached hydrogens (tertiary/aromatic N) is 2. The Balaban J connectivity index is 1.21. The second kappa shape index (κ2) is 8.92. The van der Waals surface area contributed by atoms with Crippen molar-refractivity contribution in [3.8, 4) is 11.1 Å². The summed E-state index contributed by atoms with van der Waals surface area (Å²) in [4.78, 5) is 17.6. The highest BCUT2D eigenvalue weighted by atomic mass is 16.6. The average molecular weight is 465 g/mol. The lowest BCUT2D eigenvalue weighted by atomic mass is 9.83. The van der Waals surface area contributed by atoms with Crippen LogP contribution in [0.2, 0.25) is 0 Å². The van der Waals surface area contributed by atoms with Crippen LogP contribution in [0.4, 0.5) is 10.5 Å². The van der Waals surface area contributed by atoms with Gasteiger partial charge in [-0.1, -0.05) is 66.7 Å². The SMILES string of the molecule is CN(C)c1cccc(C2=CC3CCCC(C2)N3C(=O)OCC2c3ccccc3-c3ccccc32)c1. The summed E-state index contributed by atoms with van der Waals surface area (Å²) in [7, 11) is 4.14. The van der Waals surface area contributed by atoms with Gasteiger partial charge in [0.2, 0.25) is 0 Å². The van der Waals surface area contributed by atoms with Crippen LogP contribution in [0.3, 0.4) is 0 Å². The van der Waals surface area contributed by atoms with Crippen molar-refractivity contribution >= 4 is 17.4 Å². The quantitative estimate of drug-likeness (QED) is 0.430. The molecule has 3 aromatic carbocycles. The van der Waals surface area contributed by atoms with Gasteiger partial charge in [0.15, 0.2) is 0 Å². The van der Waals surface area contributed by atoms with Crippen LogP contribution in [0.25, 0.3) is 16.7 Å². The van der Waals surface area contributed by atoms with Crippen LogP contribution < -0.4 is 4.90 Å². The number of carbonyl (C=O) groups excluding carboxylic acids is 1. The van der Waals surface area contributed by atoms with Crippen LogP contribution in [0.5, 0.6) is 0 Å². The minimum Gasteiger partial charge on any atom is -0.448 e. The summed E-state index contributed by atoms with van der Waals surface area (Å²) in [6, 6.07) is 26.0. The molecule has 1 aliphatic carbocycles. The summed E-state index contributed by atoms with van der Waals surface area (Å²) in [5.74, 6) is 0.0934. The number of anilines is 1. The van der Waals surface area contributed by atoms with Gasteiger partial charge in [-0.2, -0.15) is 0 Å². The van der Waals surface area contributed by atoms with Crippen LogP contribution in [0, 0.1) is 0 Å². The van der Waals surface area contributed by atoms with E-state index in [4.69, 9.17) is 4.74 Å². The van der Waals surface area contributed by atoms with Crippen molar-refractivity contribution in [2.24, 2.45) is 0 Å². The third-order valence-electron chi connectivity index (χ3n) is 7.92. The molecular weight excluding hydrogens is 432 g/mol. The molecular formula is C31H32N2O2. The molecule has 0 aromatic heterocycles. The first kappa shape index (κ1) is 22.0. The normalized spacial score (nSPS) is 20.6. The van der Waals surface area contributed by atoms with Crippen molar-refractivity contribution in [3.05, 3.63) is 95.6 Å². The molecule has 6 rings (SSSR count). The number of benzene rings is 3. The Kier molecular flexibility index (Phi) is 5.60. The number of amides is 1. The highest BCUT2D eigenvalue weighted by Crippen LogP contribution is 2.45. The molecule has 4 heteroatoms. The predicted molar refractivity (Wildman–Crippen MR) is 142 cm³/mol. The molecule has 178 valence electrons. The number of piperidine rings is 1. The number of carbonyl (C=O) groups is 1. The molecule has 1 saturated heterocycles. The molecule has 2 heterocycles. The summed E-state index contributed by atoms with van der Waals surface area (Å²) >= 11 is 0. The minimum atomic E-state index is -0.168. The minimum absolute atomic E-state index is 0.0934. The van der Waals surface area contributed by atoms with Crippen LogP contribution >= 0.6 is 0 Å². The van der Waals surface area contributed by atoms with Gasteiger partial charge in [-0.3, -0.25) is 4.90 Å². The zero-order valence-electron chi connectivity index (χ0n) is 20.5. The predicted octanol–water partition coefficient (Wildman–Crippen LogP) is 6.71. The van der Waals surface area contributed by atoms with Crippen molar-refractivity contribution < 1.29 is 9.53 Å². The van der Waals surface area contributed by atoms with Crippen LogP contribution in [-0.4, -0.2) is 43.8 Å². The Hall–Kier alpha value is -3.53. The molecule has 0 radical (unpaired) electrons. The first-order valence-electron chi connectivity index (χ1n) is 12.7. The Morgan fingerprint density at radius 1 is 0.943 bits per heavy atom. The summed E-state index contributed by atoms with van der Waals surface area (Å²) in [6.07, 6.45) is 6.22. The fraction of sp³-hybridized carbons (Fsp3) is 0.323. The van der Waals surface area contributed by atoms with Gasteiger partial charge in [-0.25, -0.2) is 4.79 Å². The maximum atomic E-state index is 13.4. The molecule has 0 saturated carbocycles. The number of rotatable bonds is 4. The van der Waals surface area contributed by atoms with Gasteiger partial charge >= 0.3 is 6.09 Å². The van der Waals surface area contributed by atoms with E-state index in [1.165, 1.54) is 39.1 Å². The lowest BCUT2D eigenvalue weighted by molar-refractivity contribution is 0.0539. The number of hydrogen-bond donors (Lipinski definition) is 0. The third kappa shape index (κ3) is 3.91. The second-order valence-corrected chi connectivity index (χ2v) is 10.2. The monoisotopic (exact) mass is 464 g/mol. The molecule has 2 aliphatic heterocycles. The Morgan fingerprint density at radius 2 is 1.66 bits per heavy atom. The third-order valence-corrected chi connectivity index (χ3v) is 7.92. The molecule has 2 unspecified atom stereocenters. The van der Waals surface area contributed by atoms with E-state index >= 15 is 0 Å². The van der Waals surface area contributed by atoms with Crippen molar-refractivity contribution in [2.75, 3.05) is 25.6 Å². The van der Waals surface area contributed by atoms with Gasteiger partial charge in [0.1, 0.15) is 6.61 Å².